The second kappa shape index (κ2) is 7.43. The second-order valence-corrected chi connectivity index (χ2v) is 6.91. The third kappa shape index (κ3) is 3.73. The van der Waals surface area contributed by atoms with E-state index in [9.17, 15) is 5.26 Å². The van der Waals surface area contributed by atoms with Crippen LogP contribution in [0.2, 0.25) is 0 Å². The number of hydrogen-bond acceptors (Lipinski definition) is 4. The average molecular weight is 396 g/mol. The Hall–Kier alpha value is -2.42. The van der Waals surface area contributed by atoms with Gasteiger partial charge < -0.3 is 5.32 Å². The lowest BCUT2D eigenvalue weighted by Crippen LogP contribution is -1.92. The minimum Gasteiger partial charge on any atom is -0.359 e. The van der Waals surface area contributed by atoms with Crippen molar-refractivity contribution >= 4 is 38.5 Å². The number of halogens is 1. The molecule has 0 atom stereocenters. The summed E-state index contributed by atoms with van der Waals surface area (Å²) < 4.78 is 0.958. The van der Waals surface area contributed by atoms with Gasteiger partial charge in [-0.05, 0) is 40.5 Å². The van der Waals surface area contributed by atoms with Gasteiger partial charge in [-0.3, -0.25) is 0 Å². The zero-order valence-corrected chi connectivity index (χ0v) is 15.4. The fourth-order valence-electron chi connectivity index (χ4n) is 2.17. The van der Waals surface area contributed by atoms with Crippen molar-refractivity contribution in [2.75, 3.05) is 5.32 Å². The van der Waals surface area contributed by atoms with Crippen molar-refractivity contribution < 1.29 is 0 Å². The van der Waals surface area contributed by atoms with Crippen LogP contribution in [-0.4, -0.2) is 4.98 Å². The molecule has 0 unspecified atom stereocenters. The number of rotatable bonds is 4. The van der Waals surface area contributed by atoms with Gasteiger partial charge in [0.25, 0.3) is 0 Å². The Morgan fingerprint density at radius 2 is 2.04 bits per heavy atom. The van der Waals surface area contributed by atoms with Crippen LogP contribution >= 0.6 is 27.3 Å². The van der Waals surface area contributed by atoms with Crippen molar-refractivity contribution in [1.82, 2.24) is 4.98 Å². The summed E-state index contributed by atoms with van der Waals surface area (Å²) in [7, 11) is 0. The van der Waals surface area contributed by atoms with E-state index >= 15 is 0 Å². The third-order valence-electron chi connectivity index (χ3n) is 3.42. The molecular weight excluding hydrogens is 382 g/mol. The quantitative estimate of drug-likeness (QED) is 0.562. The van der Waals surface area contributed by atoms with E-state index in [1.54, 1.807) is 6.20 Å². The highest BCUT2D eigenvalue weighted by Gasteiger charge is 2.09. The number of thiazole rings is 1. The molecule has 0 saturated carbocycles. The van der Waals surface area contributed by atoms with Gasteiger partial charge in [-0.15, -0.1) is 11.3 Å². The number of benzene rings is 2. The topological polar surface area (TPSA) is 48.7 Å². The molecule has 5 heteroatoms. The number of aryl methyl sites for hydroxylation is 1. The molecule has 0 aliphatic rings. The molecule has 3 rings (SSSR count). The maximum absolute atomic E-state index is 9.45. The number of nitrogens with zero attached hydrogens (tertiary/aromatic N) is 2. The lowest BCUT2D eigenvalue weighted by atomic mass is 10.2. The van der Waals surface area contributed by atoms with E-state index in [1.165, 1.54) is 16.9 Å². The van der Waals surface area contributed by atoms with Crippen molar-refractivity contribution in [2.45, 2.75) is 6.92 Å². The molecule has 3 nitrogen and oxygen atoms in total. The van der Waals surface area contributed by atoms with Gasteiger partial charge in [-0.2, -0.15) is 5.26 Å². The van der Waals surface area contributed by atoms with Crippen molar-refractivity contribution in [1.29, 1.82) is 5.26 Å². The van der Waals surface area contributed by atoms with Crippen molar-refractivity contribution in [3.8, 4) is 17.3 Å². The molecule has 0 fully saturated rings. The zero-order valence-electron chi connectivity index (χ0n) is 13.0. The van der Waals surface area contributed by atoms with Gasteiger partial charge in [0, 0.05) is 21.6 Å². The number of allylic oxidation sites excluding steroid dienone is 1. The summed E-state index contributed by atoms with van der Waals surface area (Å²) in [4.78, 5) is 4.58. The summed E-state index contributed by atoms with van der Waals surface area (Å²) >= 11 is 4.99. The van der Waals surface area contributed by atoms with Gasteiger partial charge in [0.2, 0.25) is 0 Å². The number of aromatic nitrogens is 1. The van der Waals surface area contributed by atoms with E-state index in [4.69, 9.17) is 0 Å². The maximum atomic E-state index is 9.45. The molecule has 24 heavy (non-hydrogen) atoms. The van der Waals surface area contributed by atoms with Gasteiger partial charge in [-0.25, -0.2) is 4.98 Å². The summed E-state index contributed by atoms with van der Waals surface area (Å²) in [6.45, 7) is 2.03. The molecule has 0 bridgehead atoms. The largest absolute Gasteiger partial charge is 0.359 e. The Balaban J connectivity index is 1.84. The van der Waals surface area contributed by atoms with Crippen molar-refractivity contribution in [2.24, 2.45) is 0 Å². The maximum Gasteiger partial charge on any atom is 0.136 e. The molecule has 1 heterocycles. The number of anilines is 1. The lowest BCUT2D eigenvalue weighted by molar-refractivity contribution is 1.36. The lowest BCUT2D eigenvalue weighted by Gasteiger charge is -2.05. The minimum atomic E-state index is 0.509. The van der Waals surface area contributed by atoms with Crippen molar-refractivity contribution in [3.05, 3.63) is 75.2 Å². The average Bonchev–Trinajstić information content (AvgIpc) is 3.08. The third-order valence-corrected chi connectivity index (χ3v) is 4.95. The Morgan fingerprint density at radius 3 is 2.75 bits per heavy atom. The summed E-state index contributed by atoms with van der Waals surface area (Å²) in [6, 6.07) is 18.2. The standard InChI is InChI=1S/C19H14BrN3S/c1-13-7-8-17(16(20)9-13)22-11-15(10-21)19-23-18(12-24-19)14-5-3-2-4-6-14/h2-9,11-12,22H,1H3/b15-11+. The van der Waals surface area contributed by atoms with Crippen LogP contribution in [0, 0.1) is 18.3 Å². The number of nitriles is 1. The first-order valence-electron chi connectivity index (χ1n) is 7.31. The molecule has 0 aliphatic carbocycles. The fourth-order valence-corrected chi connectivity index (χ4v) is 3.57. The highest BCUT2D eigenvalue weighted by molar-refractivity contribution is 9.10. The molecule has 1 aromatic heterocycles. The monoisotopic (exact) mass is 395 g/mol. The molecular formula is C19H14BrN3S. The predicted molar refractivity (Wildman–Crippen MR) is 104 cm³/mol. The normalized spacial score (nSPS) is 11.1. The molecule has 0 amide bonds. The first-order valence-corrected chi connectivity index (χ1v) is 8.99. The highest BCUT2D eigenvalue weighted by Crippen LogP contribution is 2.27. The van der Waals surface area contributed by atoms with Gasteiger partial charge in [0.15, 0.2) is 0 Å². The van der Waals surface area contributed by atoms with Crippen LogP contribution in [0.15, 0.2) is 64.6 Å². The molecule has 0 aliphatic heterocycles. The SMILES string of the molecule is Cc1ccc(N/C=C(\C#N)c2nc(-c3ccccc3)cs2)c(Br)c1. The van der Waals surface area contributed by atoms with E-state index in [1.807, 2.05) is 60.8 Å². The number of hydrogen-bond donors (Lipinski definition) is 1. The van der Waals surface area contributed by atoms with Crippen LogP contribution in [0.4, 0.5) is 5.69 Å². The second-order valence-electron chi connectivity index (χ2n) is 5.20. The fraction of sp³-hybridized carbons (Fsp3) is 0.0526. The van der Waals surface area contributed by atoms with Crippen LogP contribution in [0.5, 0.6) is 0 Å². The number of nitrogens with one attached hydrogen (secondary N) is 1. The van der Waals surface area contributed by atoms with Gasteiger partial charge >= 0.3 is 0 Å². The molecule has 118 valence electrons. The first-order chi connectivity index (χ1) is 11.7. The van der Waals surface area contributed by atoms with Crippen LogP contribution in [0.25, 0.3) is 16.8 Å². The van der Waals surface area contributed by atoms with E-state index in [0.29, 0.717) is 10.6 Å². The Morgan fingerprint density at radius 1 is 1.25 bits per heavy atom. The van der Waals surface area contributed by atoms with Crippen LogP contribution in [-0.2, 0) is 0 Å². The van der Waals surface area contributed by atoms with Gasteiger partial charge in [0.05, 0.1) is 11.4 Å². The van der Waals surface area contributed by atoms with E-state index in [-0.39, 0.29) is 0 Å². The Bertz CT molecular complexity index is 923. The predicted octanol–water partition coefficient (Wildman–Crippen LogP) is 5.86. The summed E-state index contributed by atoms with van der Waals surface area (Å²) in [6.07, 6.45) is 1.70. The Kier molecular flexibility index (Phi) is 5.09. The smallest absolute Gasteiger partial charge is 0.136 e. The Labute approximate surface area is 153 Å². The van der Waals surface area contributed by atoms with Crippen LogP contribution in [0.1, 0.15) is 10.6 Å². The van der Waals surface area contributed by atoms with Gasteiger partial charge in [0.1, 0.15) is 16.6 Å². The molecule has 2 aromatic carbocycles. The molecule has 0 radical (unpaired) electrons. The highest BCUT2D eigenvalue weighted by atomic mass is 79.9. The van der Waals surface area contributed by atoms with E-state index in [0.717, 1.165) is 21.4 Å². The zero-order chi connectivity index (χ0) is 16.9. The summed E-state index contributed by atoms with van der Waals surface area (Å²) in [5.74, 6) is 0. The first kappa shape index (κ1) is 16.4. The van der Waals surface area contributed by atoms with Crippen molar-refractivity contribution in [3.63, 3.8) is 0 Å². The van der Waals surface area contributed by atoms with E-state index < -0.39 is 0 Å². The summed E-state index contributed by atoms with van der Waals surface area (Å²) in [5, 5.41) is 15.3. The minimum absolute atomic E-state index is 0.509. The molecule has 0 saturated heterocycles. The van der Waals surface area contributed by atoms with Gasteiger partial charge in [-0.1, -0.05) is 36.4 Å². The molecule has 3 aromatic rings. The van der Waals surface area contributed by atoms with E-state index in [2.05, 4.69) is 32.3 Å². The van der Waals surface area contributed by atoms with Crippen LogP contribution in [0.3, 0.4) is 0 Å². The molecule has 1 N–H and O–H groups in total. The summed E-state index contributed by atoms with van der Waals surface area (Å²) in [5.41, 5.74) is 4.52. The molecule has 0 spiro atoms. The van der Waals surface area contributed by atoms with Crippen LogP contribution < -0.4 is 5.32 Å².